The van der Waals surface area contributed by atoms with Crippen molar-refractivity contribution in [3.05, 3.63) is 91.7 Å². The molecule has 5 aliphatic heterocycles. The van der Waals surface area contributed by atoms with Crippen LogP contribution >= 0.6 is 0 Å². The molecular weight excluding hydrogens is 595 g/mol. The molecule has 0 aromatic carbocycles. The van der Waals surface area contributed by atoms with E-state index in [1.807, 2.05) is 6.08 Å². The van der Waals surface area contributed by atoms with Crippen molar-refractivity contribution in [2.24, 2.45) is 20.0 Å². The van der Waals surface area contributed by atoms with Crippen molar-refractivity contribution in [1.82, 2.24) is 0 Å². The van der Waals surface area contributed by atoms with Gasteiger partial charge < -0.3 is 4.99 Å². The predicted octanol–water partition coefficient (Wildman–Crippen LogP) is 9.62. The molecule has 4 nitrogen and oxygen atoms in total. The minimum Gasteiger partial charge on any atom is -0.339 e. The Labute approximate surface area is 260 Å². The summed E-state index contributed by atoms with van der Waals surface area (Å²) in [7, 11) is 0. The molecule has 0 atom stereocenters. The van der Waals surface area contributed by atoms with Gasteiger partial charge in [0.1, 0.15) is 0 Å². The van der Waals surface area contributed by atoms with Crippen molar-refractivity contribution >= 4 is 22.8 Å². The number of fused-ring (bicyclic) bond motifs is 4. The Morgan fingerprint density at radius 2 is 0.976 bits per heavy atom. The second-order valence-electron chi connectivity index (χ2n) is 10.7. The van der Waals surface area contributed by atoms with Crippen LogP contribution < -0.4 is 0 Å². The van der Waals surface area contributed by atoms with Gasteiger partial charge in [0.15, 0.2) is 0 Å². The van der Waals surface area contributed by atoms with E-state index < -0.39 is 0 Å². The molecule has 0 saturated heterocycles. The quantitative estimate of drug-likeness (QED) is 0.188. The van der Waals surface area contributed by atoms with Gasteiger partial charge in [0, 0.05) is 37.3 Å². The fourth-order valence-electron chi connectivity index (χ4n) is 6.85. The maximum absolute atomic E-state index is 5.53. The van der Waals surface area contributed by atoms with Gasteiger partial charge in [0.2, 0.25) is 0 Å². The molecule has 0 saturated carbocycles. The summed E-state index contributed by atoms with van der Waals surface area (Å²) >= 11 is 0. The molecule has 0 radical (unpaired) electrons. The van der Waals surface area contributed by atoms with Crippen LogP contribution in [0.5, 0.6) is 0 Å². The summed E-state index contributed by atoms with van der Waals surface area (Å²) in [6.07, 6.45) is 17.1. The van der Waals surface area contributed by atoms with Crippen molar-refractivity contribution in [2.45, 2.75) is 107 Å². The third-order valence-electron chi connectivity index (χ3n) is 8.69. The van der Waals surface area contributed by atoms with Gasteiger partial charge in [-0.15, -0.1) is 12.2 Å². The van der Waals surface area contributed by atoms with Crippen LogP contribution in [0.1, 0.15) is 107 Å². The van der Waals surface area contributed by atoms with E-state index in [0.717, 1.165) is 97.0 Å². The van der Waals surface area contributed by atoms with E-state index >= 15 is 0 Å². The Morgan fingerprint density at radius 1 is 0.488 bits per heavy atom. The Bertz CT molecular complexity index is 1540. The zero-order valence-electron chi connectivity index (χ0n) is 26.0. The maximum atomic E-state index is 5.53. The van der Waals surface area contributed by atoms with E-state index in [-0.39, 0.29) is 20.4 Å². The van der Waals surface area contributed by atoms with Gasteiger partial charge in [0.05, 0.1) is 28.5 Å². The average molecular weight is 638 g/mol. The zero-order valence-corrected chi connectivity index (χ0v) is 27.5. The first-order chi connectivity index (χ1) is 19.5. The standard InChI is InChI=1S/C36H43N4.Pd/c1-9-23-25(11-3)33-29(15-7)35-27(13-5)28(14-6)36(40-35)30(16-8)34-26(12-4)24(10-2)32(39-34)20-22-18-17-21(37-22)19-31(23)38-33;/h17,19-20H,9-16H2,1-8H3;/q-1;. The second kappa shape index (κ2) is 13.1. The van der Waals surface area contributed by atoms with Crippen LogP contribution in [0, 0.1) is 6.08 Å². The van der Waals surface area contributed by atoms with Crippen molar-refractivity contribution in [3.63, 3.8) is 0 Å². The van der Waals surface area contributed by atoms with Crippen LogP contribution in [-0.4, -0.2) is 22.8 Å². The number of hydrogen-bond acceptors (Lipinski definition) is 4. The van der Waals surface area contributed by atoms with Gasteiger partial charge in [-0.25, -0.2) is 9.98 Å². The maximum Gasteiger partial charge on any atom is 0.0726 e. The molecule has 0 aromatic heterocycles. The summed E-state index contributed by atoms with van der Waals surface area (Å²) in [5, 5.41) is 0. The fourth-order valence-corrected chi connectivity index (χ4v) is 6.85. The first-order valence-corrected chi connectivity index (χ1v) is 15.5. The SMILES string of the molecule is CCC1=C(CC)C2=NC1=CC1=NC(=CC3=NC(=C(CC)C4=NC(=C2CC)C(CC)=C4CC)C(CC)=C3CC)C=[C-]1.[Pd]. The third kappa shape index (κ3) is 5.21. The molecule has 5 heterocycles. The number of allylic oxidation sites excluding steroid dienone is 12. The molecule has 0 aromatic rings. The summed E-state index contributed by atoms with van der Waals surface area (Å²) in [6, 6.07) is 0. The van der Waals surface area contributed by atoms with Crippen LogP contribution in [0.15, 0.2) is 106 Å². The summed E-state index contributed by atoms with van der Waals surface area (Å²) in [5.41, 5.74) is 18.9. The van der Waals surface area contributed by atoms with E-state index in [1.54, 1.807) is 0 Å². The number of hydrogen-bond donors (Lipinski definition) is 0. The van der Waals surface area contributed by atoms with Gasteiger partial charge in [-0.3, -0.25) is 4.99 Å². The number of rotatable bonds is 8. The van der Waals surface area contributed by atoms with E-state index in [4.69, 9.17) is 20.0 Å². The van der Waals surface area contributed by atoms with Crippen molar-refractivity contribution in [2.75, 3.05) is 0 Å². The molecule has 0 unspecified atom stereocenters. The molecule has 8 bridgehead atoms. The third-order valence-corrected chi connectivity index (χ3v) is 8.69. The van der Waals surface area contributed by atoms with Crippen LogP contribution in [0.2, 0.25) is 0 Å². The van der Waals surface area contributed by atoms with Crippen LogP contribution in [0.4, 0.5) is 0 Å². The van der Waals surface area contributed by atoms with Gasteiger partial charge >= 0.3 is 0 Å². The van der Waals surface area contributed by atoms with E-state index in [2.05, 4.69) is 73.6 Å². The molecular formula is C36H43N4Pd-. The van der Waals surface area contributed by atoms with Gasteiger partial charge in [0.25, 0.3) is 0 Å². The first kappa shape index (κ1) is 31.2. The molecule has 5 rings (SSSR count). The van der Waals surface area contributed by atoms with E-state index in [0.29, 0.717) is 0 Å². The summed E-state index contributed by atoms with van der Waals surface area (Å²) in [4.78, 5) is 21.1. The largest absolute Gasteiger partial charge is 0.339 e. The second-order valence-corrected chi connectivity index (χ2v) is 10.7. The molecule has 0 aliphatic carbocycles. The van der Waals surface area contributed by atoms with Crippen molar-refractivity contribution < 1.29 is 20.4 Å². The minimum absolute atomic E-state index is 0. The number of aliphatic imine (C=N–C) groups is 4. The molecule has 0 N–H and O–H groups in total. The number of nitrogens with zero attached hydrogens (tertiary/aromatic N) is 4. The molecule has 0 fully saturated rings. The summed E-state index contributed by atoms with van der Waals surface area (Å²) in [5.74, 6) is 0. The van der Waals surface area contributed by atoms with Gasteiger partial charge in [-0.05, 0) is 90.5 Å². The normalized spacial score (nSPS) is 20.1. The molecule has 41 heavy (non-hydrogen) atoms. The average Bonchev–Trinajstić information content (AvgIpc) is 3.73. The Kier molecular flexibility index (Phi) is 9.94. The van der Waals surface area contributed by atoms with Crippen LogP contribution in [0.25, 0.3) is 0 Å². The fraction of sp³-hybridized carbons (Fsp3) is 0.444. The molecule has 0 amide bonds. The molecule has 5 aliphatic rings. The molecule has 0 spiro atoms. The minimum atomic E-state index is 0. The first-order valence-electron chi connectivity index (χ1n) is 15.5. The predicted molar refractivity (Wildman–Crippen MR) is 171 cm³/mol. The van der Waals surface area contributed by atoms with Crippen LogP contribution in [-0.2, 0) is 20.4 Å². The summed E-state index contributed by atoms with van der Waals surface area (Å²) in [6.45, 7) is 18.0. The smallest absolute Gasteiger partial charge is 0.0726 e. The summed E-state index contributed by atoms with van der Waals surface area (Å²) < 4.78 is 0. The Balaban J connectivity index is 0.00000387. The van der Waals surface area contributed by atoms with Crippen LogP contribution in [0.3, 0.4) is 0 Å². The Hall–Kier alpha value is -2.74. The molecule has 5 heteroatoms. The van der Waals surface area contributed by atoms with Crippen molar-refractivity contribution in [1.29, 1.82) is 0 Å². The van der Waals surface area contributed by atoms with E-state index in [9.17, 15) is 0 Å². The van der Waals surface area contributed by atoms with Gasteiger partial charge in [-0.2, -0.15) is 6.08 Å². The zero-order chi connectivity index (χ0) is 28.6. The topological polar surface area (TPSA) is 49.4 Å². The monoisotopic (exact) mass is 637 g/mol. The molecule has 218 valence electrons. The van der Waals surface area contributed by atoms with Crippen molar-refractivity contribution in [3.8, 4) is 0 Å². The van der Waals surface area contributed by atoms with E-state index in [1.165, 1.54) is 44.6 Å². The van der Waals surface area contributed by atoms with Gasteiger partial charge in [-0.1, -0.05) is 67.2 Å². The Morgan fingerprint density at radius 3 is 1.54 bits per heavy atom.